The Morgan fingerprint density at radius 2 is 1.79 bits per heavy atom. The second-order valence-electron chi connectivity index (χ2n) is 6.14. The maximum Gasteiger partial charge on any atom is 0.243 e. The van der Waals surface area contributed by atoms with Gasteiger partial charge in [0.05, 0.1) is 14.2 Å². The highest BCUT2D eigenvalue weighted by Gasteiger charge is 2.34. The van der Waals surface area contributed by atoms with Gasteiger partial charge in [-0.05, 0) is 30.3 Å². The van der Waals surface area contributed by atoms with Crippen molar-refractivity contribution in [1.82, 2.24) is 4.72 Å². The number of hydrogen-bond donors (Lipinski definition) is 1. The van der Waals surface area contributed by atoms with Crippen LogP contribution in [0.15, 0.2) is 41.3 Å². The van der Waals surface area contributed by atoms with E-state index in [1.807, 2.05) is 0 Å². The number of benzene rings is 2. The lowest BCUT2D eigenvalue weighted by Crippen LogP contribution is -2.37. The summed E-state index contributed by atoms with van der Waals surface area (Å²) < 4.78 is 64.6. The molecule has 0 radical (unpaired) electrons. The van der Waals surface area contributed by atoms with Crippen LogP contribution in [0.25, 0.3) is 0 Å². The molecular weight excluding hydrogens is 394 g/mol. The highest BCUT2D eigenvalue weighted by molar-refractivity contribution is 7.89. The van der Waals surface area contributed by atoms with Crippen LogP contribution in [0.5, 0.6) is 11.5 Å². The van der Waals surface area contributed by atoms with Gasteiger partial charge in [0.1, 0.15) is 16.5 Å². The van der Waals surface area contributed by atoms with Gasteiger partial charge in [0.15, 0.2) is 11.5 Å². The second kappa shape index (κ2) is 7.72. The monoisotopic (exact) mass is 412 g/mol. The summed E-state index contributed by atoms with van der Waals surface area (Å²) in [5.41, 5.74) is 0.501. The minimum Gasteiger partial charge on any atom is -0.493 e. The molecule has 10 heteroatoms. The van der Waals surface area contributed by atoms with E-state index in [0.29, 0.717) is 23.3 Å². The Labute approximate surface area is 160 Å². The minimum atomic E-state index is -4.34. The van der Waals surface area contributed by atoms with Gasteiger partial charge in [-0.15, -0.1) is 0 Å². The van der Waals surface area contributed by atoms with Gasteiger partial charge in [-0.1, -0.05) is 0 Å². The number of rotatable bonds is 6. The van der Waals surface area contributed by atoms with Crippen LogP contribution in [0.2, 0.25) is 0 Å². The lowest BCUT2D eigenvalue weighted by atomic mass is 10.2. The maximum atomic E-state index is 13.8. The first-order valence-electron chi connectivity index (χ1n) is 8.25. The average molecular weight is 412 g/mol. The lowest BCUT2D eigenvalue weighted by Gasteiger charge is -2.19. The first kappa shape index (κ1) is 20.0. The summed E-state index contributed by atoms with van der Waals surface area (Å²) >= 11 is 0. The molecule has 150 valence electrons. The van der Waals surface area contributed by atoms with Crippen molar-refractivity contribution in [3.05, 3.63) is 48.0 Å². The fraction of sp³-hybridized carbons (Fsp3) is 0.278. The minimum absolute atomic E-state index is 0.0322. The third-order valence-corrected chi connectivity index (χ3v) is 5.84. The largest absolute Gasteiger partial charge is 0.493 e. The van der Waals surface area contributed by atoms with E-state index < -0.39 is 32.6 Å². The van der Waals surface area contributed by atoms with E-state index in [2.05, 4.69) is 4.72 Å². The van der Waals surface area contributed by atoms with Gasteiger partial charge < -0.3 is 14.4 Å². The molecule has 1 fully saturated rings. The van der Waals surface area contributed by atoms with Gasteiger partial charge in [-0.3, -0.25) is 4.79 Å². The molecule has 3 rings (SSSR count). The Bertz CT molecular complexity index is 1010. The summed E-state index contributed by atoms with van der Waals surface area (Å²) in [6, 6.07) is 6.23. The van der Waals surface area contributed by atoms with E-state index in [9.17, 15) is 22.0 Å². The summed E-state index contributed by atoms with van der Waals surface area (Å²) in [7, 11) is -1.40. The number of nitrogens with zero attached hydrogens (tertiary/aromatic N) is 1. The molecule has 7 nitrogen and oxygen atoms in total. The summed E-state index contributed by atoms with van der Waals surface area (Å²) in [6.45, 7) is 0.0322. The van der Waals surface area contributed by atoms with Crippen molar-refractivity contribution in [1.29, 1.82) is 0 Å². The van der Waals surface area contributed by atoms with Crippen LogP contribution in [0, 0.1) is 11.6 Å². The number of hydrogen-bond acceptors (Lipinski definition) is 5. The van der Waals surface area contributed by atoms with E-state index in [0.717, 1.165) is 12.1 Å². The number of anilines is 1. The van der Waals surface area contributed by atoms with E-state index in [1.165, 1.54) is 19.1 Å². The van der Waals surface area contributed by atoms with Gasteiger partial charge in [-0.25, -0.2) is 21.9 Å². The van der Waals surface area contributed by atoms with E-state index in [1.54, 1.807) is 18.2 Å². The summed E-state index contributed by atoms with van der Waals surface area (Å²) in [5.74, 6) is -1.37. The summed E-state index contributed by atoms with van der Waals surface area (Å²) in [5, 5.41) is 0. The van der Waals surface area contributed by atoms with Crippen molar-refractivity contribution in [3.8, 4) is 11.5 Å². The molecule has 0 spiro atoms. The van der Waals surface area contributed by atoms with Crippen LogP contribution >= 0.6 is 0 Å². The molecule has 0 saturated carbocycles. The number of methoxy groups -OCH3 is 2. The Kier molecular flexibility index (Phi) is 5.52. The standard InChI is InChI=1S/C18H18F2N2O5S/c1-26-15-6-4-13(9-16(15)27-2)22-10-12(8-18(22)23)21-28(24,25)17-7-11(19)3-5-14(17)20/h3-7,9,12,21H,8,10H2,1-2H3/t12-/m1/s1. The Balaban J connectivity index is 1.80. The molecule has 0 aromatic heterocycles. The van der Waals surface area contributed by atoms with Crippen molar-refractivity contribution in [2.24, 2.45) is 0 Å². The van der Waals surface area contributed by atoms with Crippen LogP contribution < -0.4 is 19.1 Å². The molecule has 1 saturated heterocycles. The number of carbonyl (C=O) groups is 1. The number of nitrogens with one attached hydrogen (secondary N) is 1. The predicted molar refractivity (Wildman–Crippen MR) is 97.0 cm³/mol. The molecule has 1 atom stereocenters. The molecular formula is C18H18F2N2O5S. The number of amides is 1. The fourth-order valence-corrected chi connectivity index (χ4v) is 4.31. The number of halogens is 2. The van der Waals surface area contributed by atoms with Gasteiger partial charge in [-0.2, -0.15) is 0 Å². The van der Waals surface area contributed by atoms with Gasteiger partial charge in [0.2, 0.25) is 15.9 Å². The van der Waals surface area contributed by atoms with E-state index in [4.69, 9.17) is 9.47 Å². The van der Waals surface area contributed by atoms with E-state index in [-0.39, 0.29) is 18.9 Å². The maximum absolute atomic E-state index is 13.8. The Hall–Kier alpha value is -2.72. The van der Waals surface area contributed by atoms with E-state index >= 15 is 0 Å². The smallest absolute Gasteiger partial charge is 0.243 e. The van der Waals surface area contributed by atoms with Crippen molar-refractivity contribution >= 4 is 21.6 Å². The predicted octanol–water partition coefficient (Wildman–Crippen LogP) is 2.07. The molecule has 1 aliphatic heterocycles. The Morgan fingerprint density at radius 3 is 2.46 bits per heavy atom. The lowest BCUT2D eigenvalue weighted by molar-refractivity contribution is -0.117. The fourth-order valence-electron chi connectivity index (χ4n) is 2.99. The second-order valence-corrected chi connectivity index (χ2v) is 7.82. The molecule has 0 aliphatic carbocycles. The number of sulfonamides is 1. The molecule has 1 heterocycles. The van der Waals surface area contributed by atoms with Crippen molar-refractivity contribution in [3.63, 3.8) is 0 Å². The van der Waals surface area contributed by atoms with Crippen molar-refractivity contribution < 1.29 is 31.5 Å². The average Bonchev–Trinajstić information content (AvgIpc) is 3.02. The number of ether oxygens (including phenoxy) is 2. The zero-order valence-electron chi connectivity index (χ0n) is 15.1. The quantitative estimate of drug-likeness (QED) is 0.785. The van der Waals surface area contributed by atoms with Crippen molar-refractivity contribution in [2.45, 2.75) is 17.4 Å². The Morgan fingerprint density at radius 1 is 1.07 bits per heavy atom. The molecule has 1 amide bonds. The zero-order valence-corrected chi connectivity index (χ0v) is 15.9. The highest BCUT2D eigenvalue weighted by atomic mass is 32.2. The SMILES string of the molecule is COc1ccc(N2C[C@H](NS(=O)(=O)c3cc(F)ccc3F)CC2=O)cc1OC. The molecule has 1 aliphatic rings. The third kappa shape index (κ3) is 3.92. The molecule has 1 N–H and O–H groups in total. The summed E-state index contributed by atoms with van der Waals surface area (Å²) in [4.78, 5) is 13.0. The molecule has 2 aromatic rings. The highest BCUT2D eigenvalue weighted by Crippen LogP contribution is 2.33. The van der Waals surface area contributed by atoms with Crippen LogP contribution in [0.1, 0.15) is 6.42 Å². The molecule has 0 unspecified atom stereocenters. The van der Waals surface area contributed by atoms with Crippen LogP contribution in [-0.4, -0.2) is 41.1 Å². The third-order valence-electron chi connectivity index (χ3n) is 4.31. The van der Waals surface area contributed by atoms with Gasteiger partial charge in [0, 0.05) is 30.8 Å². The first-order valence-corrected chi connectivity index (χ1v) is 9.73. The summed E-state index contributed by atoms with van der Waals surface area (Å²) in [6.07, 6.45) is -0.121. The molecule has 28 heavy (non-hydrogen) atoms. The number of carbonyl (C=O) groups excluding carboxylic acids is 1. The van der Waals surface area contributed by atoms with Crippen LogP contribution in [0.3, 0.4) is 0 Å². The van der Waals surface area contributed by atoms with Gasteiger partial charge in [0.25, 0.3) is 0 Å². The zero-order chi connectivity index (χ0) is 20.5. The van der Waals surface area contributed by atoms with Gasteiger partial charge >= 0.3 is 0 Å². The normalized spacial score (nSPS) is 17.1. The first-order chi connectivity index (χ1) is 13.2. The van der Waals surface area contributed by atoms with Crippen molar-refractivity contribution in [2.75, 3.05) is 25.7 Å². The van der Waals surface area contributed by atoms with Crippen LogP contribution in [0.4, 0.5) is 14.5 Å². The molecule has 0 bridgehead atoms. The molecule has 2 aromatic carbocycles. The topological polar surface area (TPSA) is 84.9 Å². The van der Waals surface area contributed by atoms with Crippen LogP contribution in [-0.2, 0) is 14.8 Å².